The van der Waals surface area contributed by atoms with Crippen molar-refractivity contribution >= 4 is 5.97 Å². The van der Waals surface area contributed by atoms with Gasteiger partial charge in [-0.1, -0.05) is 90.5 Å². The van der Waals surface area contributed by atoms with Gasteiger partial charge in [-0.25, -0.2) is 14.0 Å². The maximum Gasteiger partial charge on any atom is 0.338 e. The number of hydrogen-bond acceptors (Lipinski definition) is 7. The molecule has 1 fully saturated rings. The second-order valence-corrected chi connectivity index (χ2v) is 11.8. The van der Waals surface area contributed by atoms with Crippen molar-refractivity contribution in [1.82, 2.24) is 14.9 Å². The monoisotopic (exact) mass is 649 g/mol. The van der Waals surface area contributed by atoms with Gasteiger partial charge in [0, 0.05) is 11.8 Å². The summed E-state index contributed by atoms with van der Waals surface area (Å²) in [6, 6.07) is 32.5. The van der Waals surface area contributed by atoms with Crippen LogP contribution in [0.25, 0.3) is 0 Å². The second kappa shape index (κ2) is 13.8. The van der Waals surface area contributed by atoms with Gasteiger partial charge in [-0.05, 0) is 54.8 Å². The molecule has 0 bridgehead atoms. The Balaban J connectivity index is 1.47. The van der Waals surface area contributed by atoms with E-state index < -0.39 is 47.3 Å². The van der Waals surface area contributed by atoms with Gasteiger partial charge < -0.3 is 14.2 Å². The molecule has 4 atom stereocenters. The third-order valence-electron chi connectivity index (χ3n) is 8.74. The van der Waals surface area contributed by atoms with Gasteiger partial charge in [0.15, 0.2) is 12.4 Å². The summed E-state index contributed by atoms with van der Waals surface area (Å²) in [4.78, 5) is 40.5. The van der Waals surface area contributed by atoms with Crippen LogP contribution in [0.3, 0.4) is 0 Å². The Morgan fingerprint density at radius 2 is 1.46 bits per heavy atom. The van der Waals surface area contributed by atoms with Crippen LogP contribution in [0, 0.1) is 13.8 Å². The highest BCUT2D eigenvalue weighted by Crippen LogP contribution is 2.41. The van der Waals surface area contributed by atoms with Crippen molar-refractivity contribution in [2.45, 2.75) is 43.9 Å². The Morgan fingerprint density at radius 1 is 0.875 bits per heavy atom. The second-order valence-electron chi connectivity index (χ2n) is 11.8. The first-order valence-electron chi connectivity index (χ1n) is 15.6. The van der Waals surface area contributed by atoms with E-state index in [1.165, 1.54) is 13.1 Å². The van der Waals surface area contributed by atoms with E-state index in [2.05, 4.69) is 10.3 Å². The number of hydrogen-bond donors (Lipinski definition) is 2. The van der Waals surface area contributed by atoms with Crippen LogP contribution in [0.1, 0.15) is 44.4 Å². The molecule has 0 radical (unpaired) electrons. The minimum absolute atomic E-state index is 0.213. The number of esters is 1. The lowest BCUT2D eigenvalue weighted by molar-refractivity contribution is -0.0478. The van der Waals surface area contributed by atoms with Crippen molar-refractivity contribution in [2.24, 2.45) is 0 Å². The highest BCUT2D eigenvalue weighted by Gasteiger charge is 2.51. The molecule has 4 aromatic carbocycles. The number of aryl methyl sites for hydroxylation is 2. The van der Waals surface area contributed by atoms with E-state index >= 15 is 4.39 Å². The van der Waals surface area contributed by atoms with Crippen LogP contribution >= 0.6 is 0 Å². The summed E-state index contributed by atoms with van der Waals surface area (Å²) in [7, 11) is 1.58. The number of H-pyrrole nitrogens is 1. The summed E-state index contributed by atoms with van der Waals surface area (Å²) in [6.45, 7) is 3.11. The molecule has 1 aliphatic rings. The summed E-state index contributed by atoms with van der Waals surface area (Å²) in [5.74, 6) is 0.0518. The zero-order chi connectivity index (χ0) is 33.8. The molecule has 0 saturated carbocycles. The molecule has 1 aliphatic heterocycles. The summed E-state index contributed by atoms with van der Waals surface area (Å²) >= 11 is 0. The molecule has 1 saturated heterocycles. The average Bonchev–Trinajstić information content (AvgIpc) is 3.42. The lowest BCUT2D eigenvalue weighted by atomic mass is 9.76. The topological polar surface area (TPSA) is 112 Å². The normalized spacial score (nSPS) is 19.2. The van der Waals surface area contributed by atoms with E-state index in [4.69, 9.17) is 14.2 Å². The average molecular weight is 650 g/mol. The fourth-order valence-corrected chi connectivity index (χ4v) is 6.18. The molecule has 6 rings (SSSR count). The Labute approximate surface area is 276 Å². The number of nitrogens with zero attached hydrogens (tertiary/aromatic N) is 1. The lowest BCUT2D eigenvalue weighted by Gasteiger charge is -2.40. The Morgan fingerprint density at radius 3 is 2.04 bits per heavy atom. The zero-order valence-corrected chi connectivity index (χ0v) is 26.8. The fraction of sp³-hybridized carbons (Fsp3) is 0.237. The van der Waals surface area contributed by atoms with Crippen LogP contribution in [0.4, 0.5) is 4.39 Å². The summed E-state index contributed by atoms with van der Waals surface area (Å²) in [5, 5.41) is 3.61. The first-order chi connectivity index (χ1) is 23.2. The van der Waals surface area contributed by atoms with Crippen LogP contribution in [0.15, 0.2) is 125 Å². The molecular formula is C38H36FN3O6. The number of halogens is 1. The summed E-state index contributed by atoms with van der Waals surface area (Å²) < 4.78 is 35.5. The standard InChI is InChI=1S/C38H36FN3O6/c1-24-14-16-26(17-15-24)36(44)47-23-31-33(32(39)35(48-31)42-22-25(2)34(43)40-37(42)45)41-38(27-10-6-4-7-11-27,28-12-8-5-9-13-28)29-18-20-30(46-3)21-19-29/h4-22,31-33,35,41H,23H2,1-3H3,(H,40,43,45)/t31-,32+,33-,35-/m1/s1. The maximum atomic E-state index is 17.1. The lowest BCUT2D eigenvalue weighted by Crippen LogP contribution is -2.56. The summed E-state index contributed by atoms with van der Waals surface area (Å²) in [6.07, 6.45) is -3.04. The van der Waals surface area contributed by atoms with Crippen LogP contribution in [-0.2, 0) is 15.0 Å². The fourth-order valence-electron chi connectivity index (χ4n) is 6.18. The number of aromatic amines is 1. The zero-order valence-electron chi connectivity index (χ0n) is 26.8. The first kappa shape index (κ1) is 32.6. The van der Waals surface area contributed by atoms with E-state index in [0.717, 1.165) is 26.8 Å². The number of carbonyl (C=O) groups is 1. The molecular weight excluding hydrogens is 613 g/mol. The van der Waals surface area contributed by atoms with Gasteiger partial charge in [0.25, 0.3) is 5.56 Å². The Bertz CT molecular complexity index is 1940. The predicted molar refractivity (Wildman–Crippen MR) is 179 cm³/mol. The van der Waals surface area contributed by atoms with E-state index in [-0.39, 0.29) is 12.2 Å². The predicted octanol–water partition coefficient (Wildman–Crippen LogP) is 5.20. The molecule has 0 aliphatic carbocycles. The van der Waals surface area contributed by atoms with Gasteiger partial charge in [0.2, 0.25) is 0 Å². The van der Waals surface area contributed by atoms with Gasteiger partial charge in [-0.2, -0.15) is 0 Å². The van der Waals surface area contributed by atoms with Gasteiger partial charge in [0.05, 0.1) is 24.3 Å². The van der Waals surface area contributed by atoms with Crippen molar-refractivity contribution in [2.75, 3.05) is 13.7 Å². The molecule has 0 spiro atoms. The van der Waals surface area contributed by atoms with Gasteiger partial charge in [-0.15, -0.1) is 0 Å². The van der Waals surface area contributed by atoms with Crippen molar-refractivity contribution in [3.8, 4) is 5.75 Å². The third-order valence-corrected chi connectivity index (χ3v) is 8.74. The van der Waals surface area contributed by atoms with Crippen LogP contribution in [0.2, 0.25) is 0 Å². The molecule has 5 aromatic rings. The Hall–Kier alpha value is -5.32. The highest BCUT2D eigenvalue weighted by molar-refractivity contribution is 5.89. The van der Waals surface area contributed by atoms with Crippen molar-refractivity contribution < 1.29 is 23.4 Å². The SMILES string of the molecule is COc1ccc(C(N[C@H]2[C@H](F)[C@H](n3cc(C)c(=O)[nH]c3=O)O[C@@H]2COC(=O)c2ccc(C)cc2)(c2ccccc2)c2ccccc2)cc1. The van der Waals surface area contributed by atoms with E-state index in [1.54, 1.807) is 31.4 Å². The van der Waals surface area contributed by atoms with Crippen molar-refractivity contribution in [1.29, 1.82) is 0 Å². The largest absolute Gasteiger partial charge is 0.497 e. The number of benzene rings is 4. The highest BCUT2D eigenvalue weighted by atomic mass is 19.1. The molecule has 1 aromatic heterocycles. The number of methoxy groups -OCH3 is 1. The van der Waals surface area contributed by atoms with Gasteiger partial charge in [-0.3, -0.25) is 19.7 Å². The maximum absolute atomic E-state index is 17.1. The van der Waals surface area contributed by atoms with Gasteiger partial charge in [0.1, 0.15) is 18.5 Å². The first-order valence-corrected chi connectivity index (χ1v) is 15.6. The number of rotatable bonds is 10. The molecule has 2 N–H and O–H groups in total. The van der Waals surface area contributed by atoms with Gasteiger partial charge >= 0.3 is 11.7 Å². The number of carbonyl (C=O) groups excluding carboxylic acids is 1. The third kappa shape index (κ3) is 6.32. The van der Waals surface area contributed by atoms with Crippen molar-refractivity contribution in [3.05, 3.63) is 170 Å². The van der Waals surface area contributed by atoms with Crippen molar-refractivity contribution in [3.63, 3.8) is 0 Å². The molecule has 2 heterocycles. The number of alkyl halides is 1. The molecule has 9 nitrogen and oxygen atoms in total. The van der Waals surface area contributed by atoms with E-state index in [1.807, 2.05) is 91.9 Å². The quantitative estimate of drug-likeness (QED) is 0.158. The molecule has 48 heavy (non-hydrogen) atoms. The molecule has 246 valence electrons. The molecule has 0 amide bonds. The minimum atomic E-state index is -1.83. The van der Waals surface area contributed by atoms with E-state index in [0.29, 0.717) is 11.3 Å². The van der Waals surface area contributed by atoms with Crippen LogP contribution < -0.4 is 21.3 Å². The minimum Gasteiger partial charge on any atom is -0.497 e. The number of aromatic nitrogens is 2. The smallest absolute Gasteiger partial charge is 0.338 e. The summed E-state index contributed by atoms with van der Waals surface area (Å²) in [5.41, 5.74) is 1.40. The molecule has 0 unspecified atom stereocenters. The number of ether oxygens (including phenoxy) is 3. The Kier molecular flexibility index (Phi) is 9.38. The van der Waals surface area contributed by atoms with Crippen LogP contribution in [-0.4, -0.2) is 47.6 Å². The van der Waals surface area contributed by atoms with E-state index in [9.17, 15) is 14.4 Å². The van der Waals surface area contributed by atoms with Crippen LogP contribution in [0.5, 0.6) is 5.75 Å². The molecule has 10 heteroatoms. The number of nitrogens with one attached hydrogen (secondary N) is 2.